The van der Waals surface area contributed by atoms with Gasteiger partial charge in [0.15, 0.2) is 0 Å². The number of aliphatic hydroxyl groups is 1. The van der Waals surface area contributed by atoms with Crippen LogP contribution in [-0.2, 0) is 36.7 Å². The van der Waals surface area contributed by atoms with Crippen LogP contribution >= 0.6 is 11.3 Å². The molecule has 2 heterocycles. The van der Waals surface area contributed by atoms with E-state index in [9.17, 15) is 18.0 Å². The number of hydrogen-bond donors (Lipinski definition) is 1. The third kappa shape index (κ3) is 8.78. The Labute approximate surface area is 293 Å². The number of allylic oxidation sites excluding steroid dienone is 2. The smallest absolute Gasteiger partial charge is 0.454 e. The molecule has 5 rings (SSSR count). The molecular formula is C39H43F3IrNO2S-. The molecule has 253 valence electrons. The summed E-state index contributed by atoms with van der Waals surface area (Å²) in [6.45, 7) is 19.4. The van der Waals surface area contributed by atoms with Crippen LogP contribution in [-0.4, -0.2) is 17.1 Å². The third-order valence-corrected chi connectivity index (χ3v) is 8.95. The number of ketones is 1. The maximum atomic E-state index is 11.6. The fourth-order valence-electron chi connectivity index (χ4n) is 5.72. The van der Waals surface area contributed by atoms with Crippen molar-refractivity contribution in [3.05, 3.63) is 103 Å². The molecule has 3 nitrogen and oxygen atoms in total. The monoisotopic (exact) mass is 839 g/mol. The summed E-state index contributed by atoms with van der Waals surface area (Å²) < 4.78 is 39.6. The van der Waals surface area contributed by atoms with Gasteiger partial charge in [-0.05, 0) is 52.1 Å². The van der Waals surface area contributed by atoms with Gasteiger partial charge in [-0.15, -0.1) is 34.4 Å². The Bertz CT molecular complexity index is 1930. The quantitative estimate of drug-likeness (QED) is 0.0801. The van der Waals surface area contributed by atoms with Crippen molar-refractivity contribution in [3.8, 4) is 11.3 Å². The number of fused-ring (bicyclic) bond motifs is 4. The van der Waals surface area contributed by atoms with Crippen molar-refractivity contribution in [1.82, 2.24) is 0 Å². The first-order valence-corrected chi connectivity index (χ1v) is 16.3. The van der Waals surface area contributed by atoms with Crippen molar-refractivity contribution < 1.29 is 47.7 Å². The van der Waals surface area contributed by atoms with Gasteiger partial charge in [-0.1, -0.05) is 89.7 Å². The number of halogens is 3. The summed E-state index contributed by atoms with van der Waals surface area (Å²) in [6, 6.07) is 20.2. The van der Waals surface area contributed by atoms with Crippen LogP contribution < -0.4 is 4.57 Å². The molecule has 8 heteroatoms. The zero-order valence-corrected chi connectivity index (χ0v) is 31.2. The standard InChI is InChI=1S/C31H32NS.C8H11F3O2.Ir/c1-19(2)16-21-12-13-24-25-14-15-32(7)29(30(25)33-28(24)17-21)26-18-27(31(4,5)6)23-11-9-8-10-22(23)20(26)3;1-5(2)3-6(12)4-7(13)8(9,10)11;/h8-15,17-19H,3,7,16H2,1-2,4-6H3;4-5,12H,3H2,1-2H3;/q-1;;/b;6-4-;. The van der Waals surface area contributed by atoms with Crippen LogP contribution in [0.15, 0.2) is 72.6 Å². The molecular weight excluding hydrogens is 796 g/mol. The number of aromatic nitrogens is 1. The third-order valence-electron chi connectivity index (χ3n) is 7.77. The largest absolute Gasteiger partial charge is 0.512 e. The number of carbonyl (C=O) groups excluding carboxylic acids is 1. The van der Waals surface area contributed by atoms with Crippen LogP contribution in [0, 0.1) is 25.8 Å². The van der Waals surface area contributed by atoms with Crippen LogP contribution in [0.5, 0.6) is 0 Å². The molecule has 5 aromatic rings. The summed E-state index contributed by atoms with van der Waals surface area (Å²) in [7, 11) is 4.38. The molecule has 0 bridgehead atoms. The minimum Gasteiger partial charge on any atom is -0.512 e. The van der Waals surface area contributed by atoms with Crippen molar-refractivity contribution in [3.63, 3.8) is 0 Å². The number of rotatable bonds is 6. The number of nitrogens with zero attached hydrogens (tertiary/aromatic N) is 1. The predicted molar refractivity (Wildman–Crippen MR) is 186 cm³/mol. The molecule has 0 atom stereocenters. The second-order valence-electron chi connectivity index (χ2n) is 13.7. The van der Waals surface area contributed by atoms with E-state index in [1.54, 1.807) is 13.8 Å². The van der Waals surface area contributed by atoms with E-state index in [1.807, 2.05) is 15.9 Å². The van der Waals surface area contributed by atoms with E-state index in [1.165, 1.54) is 47.6 Å². The second-order valence-corrected chi connectivity index (χ2v) is 14.8. The molecule has 0 saturated heterocycles. The van der Waals surface area contributed by atoms with Crippen LogP contribution in [0.4, 0.5) is 13.2 Å². The zero-order valence-electron chi connectivity index (χ0n) is 28.0. The predicted octanol–water partition coefficient (Wildman–Crippen LogP) is 11.1. The minimum atomic E-state index is -4.90. The number of aliphatic hydroxyl groups excluding tert-OH is 1. The molecule has 1 radical (unpaired) electrons. The molecule has 0 spiro atoms. The Morgan fingerprint density at radius 1 is 0.936 bits per heavy atom. The van der Waals surface area contributed by atoms with Gasteiger partial charge in [0, 0.05) is 49.0 Å². The molecule has 0 aliphatic heterocycles. The summed E-state index contributed by atoms with van der Waals surface area (Å²) in [5.74, 6) is -1.89. The molecule has 0 fully saturated rings. The SMILES string of the molecule is CC(C)C/C(O)=C/C(=O)C(F)(F)F.[CH2-]c1c(-c2c3sc4cc(CC(C)C)ccc4c3cc[n+]2[CH2-])cc(C(C)(C)C)c2ccccc12.[Ir]. The van der Waals surface area contributed by atoms with Gasteiger partial charge in [0.2, 0.25) is 0 Å². The maximum Gasteiger partial charge on any atom is 0.454 e. The van der Waals surface area contributed by atoms with E-state index in [-0.39, 0.29) is 43.9 Å². The van der Waals surface area contributed by atoms with Crippen molar-refractivity contribution in [1.29, 1.82) is 0 Å². The number of hydrogen-bond acceptors (Lipinski definition) is 3. The molecule has 0 aliphatic rings. The summed E-state index contributed by atoms with van der Waals surface area (Å²) in [4.78, 5) is 10.3. The number of benzene rings is 3. The molecule has 3 aromatic carbocycles. The summed E-state index contributed by atoms with van der Waals surface area (Å²) >= 11 is 1.88. The Balaban J connectivity index is 0.000000367. The minimum absolute atomic E-state index is 0. The first-order chi connectivity index (χ1) is 21.4. The average Bonchev–Trinajstić information content (AvgIpc) is 3.30. The molecule has 0 aliphatic carbocycles. The Hall–Kier alpha value is -3.32. The molecule has 47 heavy (non-hydrogen) atoms. The van der Waals surface area contributed by atoms with Gasteiger partial charge in [0.25, 0.3) is 5.78 Å². The summed E-state index contributed by atoms with van der Waals surface area (Å²) in [6.07, 6.45) is -1.40. The number of carbonyl (C=O) groups is 1. The van der Waals surface area contributed by atoms with Crippen LogP contribution in [0.25, 0.3) is 42.2 Å². The van der Waals surface area contributed by atoms with E-state index in [2.05, 4.69) is 109 Å². The van der Waals surface area contributed by atoms with Crippen molar-refractivity contribution in [2.75, 3.05) is 0 Å². The van der Waals surface area contributed by atoms with Gasteiger partial charge in [-0.2, -0.15) is 25.7 Å². The fourth-order valence-corrected chi connectivity index (χ4v) is 7.05. The van der Waals surface area contributed by atoms with Crippen LogP contribution in [0.3, 0.4) is 0 Å². The van der Waals surface area contributed by atoms with Crippen LogP contribution in [0.2, 0.25) is 0 Å². The maximum absolute atomic E-state index is 11.6. The van der Waals surface area contributed by atoms with Gasteiger partial charge >= 0.3 is 6.18 Å². The topological polar surface area (TPSA) is 41.2 Å². The molecule has 0 saturated carbocycles. The van der Waals surface area contributed by atoms with E-state index < -0.39 is 17.7 Å². The Morgan fingerprint density at radius 2 is 1.57 bits per heavy atom. The van der Waals surface area contributed by atoms with E-state index in [0.29, 0.717) is 5.92 Å². The number of alkyl halides is 3. The van der Waals surface area contributed by atoms with E-state index in [4.69, 9.17) is 5.11 Å². The van der Waals surface area contributed by atoms with Gasteiger partial charge in [-0.3, -0.25) is 4.79 Å². The van der Waals surface area contributed by atoms with Gasteiger partial charge in [0.05, 0.1) is 17.6 Å². The summed E-state index contributed by atoms with van der Waals surface area (Å²) in [5, 5.41) is 14.0. The first-order valence-electron chi connectivity index (χ1n) is 15.5. The molecule has 0 unspecified atom stereocenters. The normalized spacial score (nSPS) is 12.5. The van der Waals surface area contributed by atoms with Gasteiger partial charge in [-0.25, -0.2) is 0 Å². The number of pyridine rings is 1. The fraction of sp³-hybridized carbons (Fsp3) is 0.333. The molecule has 2 aromatic heterocycles. The second kappa shape index (κ2) is 14.8. The summed E-state index contributed by atoms with van der Waals surface area (Å²) in [5.41, 5.74) is 6.17. The van der Waals surface area contributed by atoms with Crippen molar-refractivity contribution in [2.24, 2.45) is 11.8 Å². The molecule has 0 amide bonds. The number of thiophene rings is 1. The van der Waals surface area contributed by atoms with E-state index >= 15 is 0 Å². The van der Waals surface area contributed by atoms with E-state index in [0.717, 1.165) is 17.7 Å². The van der Waals surface area contributed by atoms with Gasteiger partial charge < -0.3 is 9.67 Å². The Morgan fingerprint density at radius 3 is 2.15 bits per heavy atom. The first kappa shape index (κ1) is 38.1. The van der Waals surface area contributed by atoms with Gasteiger partial charge in [0.1, 0.15) is 0 Å². The van der Waals surface area contributed by atoms with Crippen LogP contribution in [0.1, 0.15) is 71.6 Å². The zero-order chi connectivity index (χ0) is 34.1. The van der Waals surface area contributed by atoms with Crippen molar-refractivity contribution >= 4 is 48.1 Å². The van der Waals surface area contributed by atoms with Crippen molar-refractivity contribution in [2.45, 2.75) is 72.9 Å². The Kier molecular flexibility index (Phi) is 12.0. The average molecular weight is 839 g/mol. The molecule has 1 N–H and O–H groups in total.